The molecular weight excluding hydrogens is 1320 g/mol. The fourth-order valence-electron chi connectivity index (χ4n) is 12.7. The fourth-order valence-corrected chi connectivity index (χ4v) is 13.6. The molecule has 2 saturated heterocycles. The second-order valence-corrected chi connectivity index (χ2v) is 29.2. The molecule has 0 bridgehead atoms. The number of carbonyl (C=O) groups is 3. The molecule has 100 heavy (non-hydrogen) atoms. The molecule has 1 aliphatic carbocycles. The van der Waals surface area contributed by atoms with Crippen LogP contribution in [0.25, 0.3) is 0 Å². The van der Waals surface area contributed by atoms with Crippen molar-refractivity contribution in [3.8, 4) is 0 Å². The molecule has 584 valence electrons. The highest BCUT2D eigenvalue weighted by Crippen LogP contribution is 2.49. The van der Waals surface area contributed by atoms with E-state index in [0.717, 1.165) is 115 Å². The maximum Gasteiger partial charge on any atom is 0.472 e. The number of rotatable bonds is 60. The first-order chi connectivity index (χ1) is 48.3. The number of aliphatic hydroxyl groups is 10. The summed E-state index contributed by atoms with van der Waals surface area (Å²) in [6, 6.07) is 0. The number of phosphoric ester groups is 1. The average molecular weight is 1450 g/mol. The lowest BCUT2D eigenvalue weighted by atomic mass is 9.84. The smallest absolute Gasteiger partial charge is 0.463 e. The van der Waals surface area contributed by atoms with Gasteiger partial charge < -0.3 is 89.1 Å². The van der Waals surface area contributed by atoms with E-state index < -0.39 is 156 Å². The predicted octanol–water partition coefficient (Wildman–Crippen LogP) is 11.1. The number of phosphoric acid groups is 1. The van der Waals surface area contributed by atoms with Gasteiger partial charge in [0, 0.05) is 18.9 Å². The van der Waals surface area contributed by atoms with Gasteiger partial charge in [-0.3, -0.25) is 18.6 Å². The minimum atomic E-state index is -5.73. The summed E-state index contributed by atoms with van der Waals surface area (Å²) < 4.78 is 64.8. The zero-order valence-corrected chi connectivity index (χ0v) is 61.9. The van der Waals surface area contributed by atoms with Gasteiger partial charge in [-0.25, -0.2) is 9.36 Å². The number of aliphatic hydroxyl groups excluding tert-OH is 10. The minimum absolute atomic E-state index is 0.0201. The quantitative estimate of drug-likeness (QED) is 0.00512. The van der Waals surface area contributed by atoms with Crippen LogP contribution in [-0.4, -0.2) is 204 Å². The Hall–Kier alpha value is -2.82. The summed E-state index contributed by atoms with van der Waals surface area (Å²) in [6.45, 7) is 3.34. The number of hydrogen-bond donors (Lipinski definition) is 11. The molecule has 3 fully saturated rings. The van der Waals surface area contributed by atoms with Crippen LogP contribution in [0.5, 0.6) is 0 Å². The molecular formula is C75H135O24P. The van der Waals surface area contributed by atoms with E-state index in [2.05, 4.69) is 32.9 Å². The molecule has 0 aromatic rings. The maximum absolute atomic E-state index is 14.3. The number of hydrogen-bond acceptors (Lipinski definition) is 23. The average Bonchev–Trinajstić information content (AvgIpc) is 0.762. The van der Waals surface area contributed by atoms with Crippen molar-refractivity contribution in [3.63, 3.8) is 0 Å². The van der Waals surface area contributed by atoms with E-state index >= 15 is 0 Å². The highest BCUT2D eigenvalue weighted by atomic mass is 31.2. The van der Waals surface area contributed by atoms with Crippen LogP contribution in [0.15, 0.2) is 36.5 Å². The van der Waals surface area contributed by atoms with Crippen molar-refractivity contribution in [1.82, 2.24) is 0 Å². The predicted molar refractivity (Wildman–Crippen MR) is 379 cm³/mol. The Morgan fingerprint density at radius 2 is 0.770 bits per heavy atom. The summed E-state index contributed by atoms with van der Waals surface area (Å²) in [7, 11) is -5.73. The normalized spacial score (nSPS) is 27.5. The van der Waals surface area contributed by atoms with E-state index in [1.54, 1.807) is 6.08 Å². The molecule has 11 N–H and O–H groups in total. The zero-order chi connectivity index (χ0) is 73.2. The molecule has 0 spiro atoms. The molecule has 2 aliphatic heterocycles. The maximum atomic E-state index is 14.3. The molecule has 18 unspecified atom stereocenters. The van der Waals surface area contributed by atoms with Crippen LogP contribution in [0.4, 0.5) is 0 Å². The molecule has 18 atom stereocenters. The standard InChI is InChI=1S/C75H135O24P/c1-4-7-10-13-16-19-22-25-28-31-34-37-40-43-46-49-59(77)91-53-56(94-61(79)51-48-45-42-39-36-33-30-27-24-21-18-15-12-9-6-3)54-93-100(89,90)99-73-71(97-74-69(87)64(82)62(80)57(52-76)95-74)67(85)66(84)68(86)72(73)98-75-70(88)65(83)63(81)58(96-75)55-92-60(78)50-47-44-41-38-35-32-29-26-23-20-17-14-11-8-5-2/h19,22,42,45,48,51,56-58,62-76,80-88H,4-18,20-21,23-41,43-44,46-47,49-50,52-55H2,1-3H3,(H,89,90)/b22-19-,45-42+,51-48+. The first kappa shape index (κ1) is 91.4. The van der Waals surface area contributed by atoms with Crippen LogP contribution in [0.1, 0.15) is 290 Å². The van der Waals surface area contributed by atoms with E-state index in [4.69, 9.17) is 42.2 Å². The molecule has 0 amide bonds. The molecule has 24 nitrogen and oxygen atoms in total. The Morgan fingerprint density at radius 3 is 1.20 bits per heavy atom. The van der Waals surface area contributed by atoms with Crippen LogP contribution in [-0.2, 0) is 61.2 Å². The summed E-state index contributed by atoms with van der Waals surface area (Å²) >= 11 is 0. The topological polar surface area (TPSA) is 374 Å². The first-order valence-corrected chi connectivity index (χ1v) is 40.3. The summed E-state index contributed by atoms with van der Waals surface area (Å²) in [5, 5.41) is 110. The van der Waals surface area contributed by atoms with E-state index in [0.29, 0.717) is 12.8 Å². The number of carbonyl (C=O) groups excluding carboxylic acids is 3. The van der Waals surface area contributed by atoms with Crippen LogP contribution < -0.4 is 0 Å². The third-order valence-corrected chi connectivity index (χ3v) is 20.0. The lowest BCUT2D eigenvalue weighted by molar-refractivity contribution is -0.360. The zero-order valence-electron chi connectivity index (χ0n) is 61.0. The van der Waals surface area contributed by atoms with Crippen molar-refractivity contribution in [2.45, 2.75) is 395 Å². The number of esters is 3. The second kappa shape index (κ2) is 56.5. The molecule has 0 aromatic carbocycles. The van der Waals surface area contributed by atoms with Crippen LogP contribution >= 0.6 is 7.82 Å². The van der Waals surface area contributed by atoms with Gasteiger partial charge in [0.1, 0.15) is 98.7 Å². The highest BCUT2D eigenvalue weighted by Gasteiger charge is 2.58. The number of allylic oxidation sites excluding steroid dienone is 5. The number of unbranched alkanes of at least 4 members (excludes halogenated alkanes) is 36. The Morgan fingerprint density at radius 1 is 0.410 bits per heavy atom. The second-order valence-electron chi connectivity index (χ2n) is 27.8. The summed E-state index contributed by atoms with van der Waals surface area (Å²) in [6.07, 6.45) is 19.8. The van der Waals surface area contributed by atoms with Crippen molar-refractivity contribution >= 4 is 25.7 Å². The first-order valence-electron chi connectivity index (χ1n) is 38.8. The van der Waals surface area contributed by atoms with Crippen molar-refractivity contribution < 1.29 is 117 Å². The molecule has 25 heteroatoms. The summed E-state index contributed by atoms with van der Waals surface area (Å²) in [5.74, 6) is -2.25. The van der Waals surface area contributed by atoms with Gasteiger partial charge in [-0.1, -0.05) is 257 Å². The molecule has 1 saturated carbocycles. The third-order valence-electron chi connectivity index (χ3n) is 19.0. The van der Waals surface area contributed by atoms with Crippen molar-refractivity contribution in [2.75, 3.05) is 26.4 Å². The molecule has 0 aromatic heterocycles. The Kier molecular flexibility index (Phi) is 51.6. The highest BCUT2D eigenvalue weighted by molar-refractivity contribution is 7.47. The fraction of sp³-hybridized carbons (Fsp3) is 0.880. The van der Waals surface area contributed by atoms with Gasteiger partial charge in [0.05, 0.1) is 13.2 Å². The van der Waals surface area contributed by atoms with Crippen LogP contribution in [0.3, 0.4) is 0 Å². The summed E-state index contributed by atoms with van der Waals surface area (Å²) in [4.78, 5) is 50.9. The van der Waals surface area contributed by atoms with Gasteiger partial charge in [-0.15, -0.1) is 0 Å². The third kappa shape index (κ3) is 39.0. The van der Waals surface area contributed by atoms with E-state index in [-0.39, 0.29) is 12.8 Å². The number of ether oxygens (including phenoxy) is 7. The van der Waals surface area contributed by atoms with E-state index in [9.17, 15) is 74.9 Å². The monoisotopic (exact) mass is 1450 g/mol. The molecule has 0 radical (unpaired) electrons. The van der Waals surface area contributed by atoms with Gasteiger partial charge in [0.2, 0.25) is 0 Å². The van der Waals surface area contributed by atoms with Gasteiger partial charge >= 0.3 is 25.7 Å². The van der Waals surface area contributed by atoms with Crippen molar-refractivity contribution in [3.05, 3.63) is 36.5 Å². The van der Waals surface area contributed by atoms with Gasteiger partial charge in [-0.05, 0) is 51.4 Å². The SMILES string of the molecule is CCCCCC/C=C\CCCCCCCCCC(=O)OCC(COP(=O)(O)OC1C(OC2OC(CO)C(O)C(O)C2O)C(O)C(O)C(O)C1OC1OC(COC(=O)CCCCCCCCCCCCCCCCC)C(O)C(O)C1O)OC(=O)/C=C/C=C/CCCCCCCCCCCCC. The Balaban J connectivity index is 1.74. The van der Waals surface area contributed by atoms with Gasteiger partial charge in [0.25, 0.3) is 0 Å². The Labute approximate surface area is 597 Å². The van der Waals surface area contributed by atoms with Gasteiger partial charge in [-0.2, -0.15) is 0 Å². The molecule has 3 aliphatic rings. The largest absolute Gasteiger partial charge is 0.472 e. The van der Waals surface area contributed by atoms with E-state index in [1.807, 2.05) is 6.08 Å². The van der Waals surface area contributed by atoms with Crippen molar-refractivity contribution in [2.24, 2.45) is 0 Å². The van der Waals surface area contributed by atoms with E-state index in [1.165, 1.54) is 141 Å². The van der Waals surface area contributed by atoms with Crippen LogP contribution in [0.2, 0.25) is 0 Å². The van der Waals surface area contributed by atoms with Crippen LogP contribution in [0, 0.1) is 0 Å². The molecule has 3 rings (SSSR count). The van der Waals surface area contributed by atoms with Crippen molar-refractivity contribution in [1.29, 1.82) is 0 Å². The van der Waals surface area contributed by atoms with Gasteiger partial charge in [0.15, 0.2) is 18.7 Å². The Bertz CT molecular complexity index is 2210. The lowest BCUT2D eigenvalue weighted by Crippen LogP contribution is -2.69. The minimum Gasteiger partial charge on any atom is -0.463 e. The molecule has 2 heterocycles. The lowest BCUT2D eigenvalue weighted by Gasteiger charge is -2.49. The summed E-state index contributed by atoms with van der Waals surface area (Å²) in [5.41, 5.74) is 0.